The Hall–Kier alpha value is -2.70. The van der Waals surface area contributed by atoms with Crippen LogP contribution in [-0.2, 0) is 22.4 Å². The number of piperidine rings is 1. The molecule has 2 heterocycles. The van der Waals surface area contributed by atoms with Gasteiger partial charge in [0.05, 0.1) is 23.2 Å². The highest BCUT2D eigenvalue weighted by atomic mass is 16.5. The summed E-state index contributed by atoms with van der Waals surface area (Å²) in [6.07, 6.45) is 6.47. The smallest absolute Gasteiger partial charge is 0.224 e. The molecule has 1 amide bonds. The quantitative estimate of drug-likeness (QED) is 0.496. The Bertz CT molecular complexity index is 1280. The molecule has 6 rings (SSSR count). The lowest BCUT2D eigenvalue weighted by molar-refractivity contribution is -0.115. The van der Waals surface area contributed by atoms with Gasteiger partial charge in [-0.25, -0.2) is 4.98 Å². The summed E-state index contributed by atoms with van der Waals surface area (Å²) >= 11 is 0. The Kier molecular flexibility index (Phi) is 6.34. The lowest BCUT2D eigenvalue weighted by atomic mass is 9.98. The van der Waals surface area contributed by atoms with Crippen LogP contribution in [-0.4, -0.2) is 53.2 Å². The van der Waals surface area contributed by atoms with Crippen molar-refractivity contribution < 1.29 is 9.53 Å². The Balaban J connectivity index is 1.15. The average molecular weight is 487 g/mol. The van der Waals surface area contributed by atoms with Crippen molar-refractivity contribution in [1.82, 2.24) is 14.5 Å². The van der Waals surface area contributed by atoms with Crippen LogP contribution in [0.25, 0.3) is 11.0 Å². The van der Waals surface area contributed by atoms with Crippen LogP contribution in [0.4, 0.5) is 5.69 Å². The van der Waals surface area contributed by atoms with Crippen molar-refractivity contribution in [3.63, 3.8) is 0 Å². The molecule has 1 aliphatic heterocycles. The molecule has 1 saturated heterocycles. The summed E-state index contributed by atoms with van der Waals surface area (Å²) < 4.78 is 8.68. The third-order valence-corrected chi connectivity index (χ3v) is 8.40. The summed E-state index contributed by atoms with van der Waals surface area (Å²) in [5.41, 5.74) is 7.41. The molecule has 6 heteroatoms. The molecule has 3 aromatic rings. The number of fused-ring (bicyclic) bond motifs is 2. The van der Waals surface area contributed by atoms with E-state index in [1.807, 2.05) is 14.0 Å². The number of aryl methyl sites for hydroxylation is 1. The number of hydrogen-bond acceptors (Lipinski definition) is 4. The molecule has 1 aromatic heterocycles. The highest BCUT2D eigenvalue weighted by Gasteiger charge is 2.38. The zero-order valence-corrected chi connectivity index (χ0v) is 21.8. The average Bonchev–Trinajstić information content (AvgIpc) is 3.55. The molecule has 2 aliphatic carbocycles. The number of aromatic nitrogens is 2. The van der Waals surface area contributed by atoms with Crippen LogP contribution in [0.5, 0.6) is 0 Å². The van der Waals surface area contributed by atoms with E-state index in [9.17, 15) is 4.79 Å². The van der Waals surface area contributed by atoms with Gasteiger partial charge in [0, 0.05) is 44.8 Å². The molecule has 3 aliphatic rings. The van der Waals surface area contributed by atoms with Crippen LogP contribution in [0.15, 0.2) is 36.4 Å². The van der Waals surface area contributed by atoms with Gasteiger partial charge in [-0.2, -0.15) is 0 Å². The zero-order valence-electron chi connectivity index (χ0n) is 21.8. The molecule has 2 aromatic carbocycles. The van der Waals surface area contributed by atoms with Gasteiger partial charge in [-0.05, 0) is 85.9 Å². The molecule has 2 fully saturated rings. The molecular weight excluding hydrogens is 448 g/mol. The number of likely N-dealkylation sites (tertiary alicyclic amines) is 1. The van der Waals surface area contributed by atoms with Crippen LogP contribution in [0.3, 0.4) is 0 Å². The second-order valence-electron chi connectivity index (χ2n) is 11.2. The Morgan fingerprint density at radius 1 is 1.11 bits per heavy atom. The van der Waals surface area contributed by atoms with Crippen LogP contribution >= 0.6 is 0 Å². The van der Waals surface area contributed by atoms with Gasteiger partial charge in [0.15, 0.2) is 0 Å². The van der Waals surface area contributed by atoms with Gasteiger partial charge in [-0.15, -0.1) is 0 Å². The minimum Gasteiger partial charge on any atom is -0.378 e. The fraction of sp³-hybridized carbons (Fsp3) is 0.533. The number of carbonyl (C=O) groups is 1. The molecule has 6 nitrogen and oxygen atoms in total. The van der Waals surface area contributed by atoms with Crippen LogP contribution in [0.1, 0.15) is 67.1 Å². The molecule has 0 spiro atoms. The van der Waals surface area contributed by atoms with Gasteiger partial charge >= 0.3 is 0 Å². The van der Waals surface area contributed by atoms with Crippen molar-refractivity contribution in [3.8, 4) is 0 Å². The number of benzene rings is 2. The van der Waals surface area contributed by atoms with E-state index in [0.717, 1.165) is 50.1 Å². The first kappa shape index (κ1) is 23.7. The fourth-order valence-corrected chi connectivity index (χ4v) is 6.40. The second kappa shape index (κ2) is 9.64. The maximum Gasteiger partial charge on any atom is 0.224 e. The number of nitrogens with zero attached hydrogens (tertiary/aromatic N) is 3. The molecular formula is C30H38N4O2. The van der Waals surface area contributed by atoms with E-state index in [2.05, 4.69) is 58.1 Å². The summed E-state index contributed by atoms with van der Waals surface area (Å²) in [4.78, 5) is 19.5. The molecule has 3 atom stereocenters. The summed E-state index contributed by atoms with van der Waals surface area (Å²) in [5.74, 6) is 2.57. The van der Waals surface area contributed by atoms with Crippen molar-refractivity contribution >= 4 is 22.6 Å². The van der Waals surface area contributed by atoms with Crippen molar-refractivity contribution in [1.29, 1.82) is 0 Å². The predicted octanol–water partition coefficient (Wildman–Crippen LogP) is 5.25. The van der Waals surface area contributed by atoms with Crippen LogP contribution < -0.4 is 5.32 Å². The highest BCUT2D eigenvalue weighted by Crippen LogP contribution is 2.43. The highest BCUT2D eigenvalue weighted by molar-refractivity contribution is 5.90. The van der Waals surface area contributed by atoms with E-state index < -0.39 is 0 Å². The van der Waals surface area contributed by atoms with Crippen molar-refractivity contribution in [2.45, 2.75) is 70.4 Å². The third kappa shape index (κ3) is 4.57. The van der Waals surface area contributed by atoms with E-state index in [4.69, 9.17) is 9.72 Å². The maximum atomic E-state index is 11.8. The van der Waals surface area contributed by atoms with Crippen LogP contribution in [0.2, 0.25) is 0 Å². The normalized spacial score (nSPS) is 24.2. The first-order valence-electron chi connectivity index (χ1n) is 13.7. The minimum atomic E-state index is 0.0728. The molecule has 1 unspecified atom stereocenters. The zero-order chi connectivity index (χ0) is 24.8. The third-order valence-electron chi connectivity index (χ3n) is 8.40. The summed E-state index contributed by atoms with van der Waals surface area (Å²) in [6.45, 7) is 7.18. The first-order chi connectivity index (χ1) is 17.5. The number of imidazole rings is 1. The number of carbonyl (C=O) groups excluding carboxylic acids is 1. The van der Waals surface area contributed by atoms with Gasteiger partial charge in [0.2, 0.25) is 5.91 Å². The lowest BCUT2D eigenvalue weighted by Crippen LogP contribution is -2.47. The Morgan fingerprint density at radius 3 is 2.72 bits per heavy atom. The predicted molar refractivity (Wildman–Crippen MR) is 144 cm³/mol. The number of methoxy groups -OCH3 is 1. The second-order valence-corrected chi connectivity index (χ2v) is 11.2. The lowest BCUT2D eigenvalue weighted by Gasteiger charge is -2.40. The summed E-state index contributed by atoms with van der Waals surface area (Å²) in [5, 5.41) is 3.01. The maximum absolute atomic E-state index is 11.8. The molecule has 36 heavy (non-hydrogen) atoms. The van der Waals surface area contributed by atoms with Crippen molar-refractivity contribution in [2.75, 3.05) is 32.1 Å². The number of nitrogens with one attached hydrogen (secondary N) is 1. The summed E-state index contributed by atoms with van der Waals surface area (Å²) in [7, 11) is 1.87. The van der Waals surface area contributed by atoms with Gasteiger partial charge in [0.25, 0.3) is 0 Å². The topological polar surface area (TPSA) is 59.4 Å². The monoisotopic (exact) mass is 486 g/mol. The van der Waals surface area contributed by atoms with E-state index in [1.54, 1.807) is 0 Å². The standard InChI is InChI=1S/C30H38N4O2/c1-4-29(35)31-24-9-8-22-14-20(15-23(22)16-24)17-33-12-11-27(28(18-33)36-3)34-26-10-5-19(2)13-25(26)32-30(34)21-6-7-21/h5,8-10,13,16,20-21,27-28H,4,6-7,11-12,14-15,17-18H2,1-3H3,(H,31,35)/t20?,27-,28-/m1/s1. The van der Waals surface area contributed by atoms with Gasteiger partial charge in [-0.3, -0.25) is 4.79 Å². The minimum absolute atomic E-state index is 0.0728. The van der Waals surface area contributed by atoms with E-state index in [-0.39, 0.29) is 12.0 Å². The van der Waals surface area contributed by atoms with Gasteiger partial charge in [-0.1, -0.05) is 19.1 Å². The number of rotatable bonds is 7. The number of anilines is 1. The molecule has 1 saturated carbocycles. The SMILES string of the molecule is CCC(=O)Nc1ccc2c(c1)CC(CN1CC[C@@H](n3c(C4CC4)nc4cc(C)ccc43)[C@H](OC)C1)C2. The molecule has 0 radical (unpaired) electrons. The molecule has 1 N–H and O–H groups in total. The van der Waals surface area contributed by atoms with Gasteiger partial charge < -0.3 is 19.5 Å². The fourth-order valence-electron chi connectivity index (χ4n) is 6.40. The largest absolute Gasteiger partial charge is 0.378 e. The molecule has 0 bridgehead atoms. The van der Waals surface area contributed by atoms with Crippen molar-refractivity contribution in [2.24, 2.45) is 5.92 Å². The van der Waals surface area contributed by atoms with Crippen molar-refractivity contribution in [3.05, 3.63) is 58.9 Å². The van der Waals surface area contributed by atoms with E-state index in [1.165, 1.54) is 40.9 Å². The van der Waals surface area contributed by atoms with E-state index >= 15 is 0 Å². The Morgan fingerprint density at radius 2 is 1.94 bits per heavy atom. The van der Waals surface area contributed by atoms with Crippen LogP contribution in [0, 0.1) is 12.8 Å². The summed E-state index contributed by atoms with van der Waals surface area (Å²) in [6, 6.07) is 13.5. The number of amides is 1. The Labute approximate surface area is 214 Å². The number of ether oxygens (including phenoxy) is 1. The first-order valence-corrected chi connectivity index (χ1v) is 13.7. The molecule has 190 valence electrons. The van der Waals surface area contributed by atoms with E-state index in [0.29, 0.717) is 24.3 Å². The number of hydrogen-bond donors (Lipinski definition) is 1. The van der Waals surface area contributed by atoms with Gasteiger partial charge in [0.1, 0.15) is 5.82 Å².